The van der Waals surface area contributed by atoms with Gasteiger partial charge < -0.3 is 14.6 Å². The Kier molecular flexibility index (Phi) is 21.6. The standard InChI is InChI=1S/C33H54O2.C12H20O4/c34-32(35)28-33(29-22-16-10-4-1-5-11-17-23-29,30-24-18-12-6-2-7-13-19-25-30)31-26-20-14-8-3-9-15-21-27-31;1-3-15-11(13)9-5-7-10(8-6-9)12(14)16-4-2/h22,24,26H,1-21,23,25,27-28H2,(H,34,35);9-10H,3-8H2,1-2H3. The molecule has 0 atom stereocenters. The first-order chi connectivity index (χ1) is 24.9. The maximum absolute atomic E-state index is 12.7. The van der Waals surface area contributed by atoms with Gasteiger partial charge in [0.15, 0.2) is 0 Å². The average molecular weight is 711 g/mol. The van der Waals surface area contributed by atoms with Gasteiger partial charge in [-0.25, -0.2) is 0 Å². The highest BCUT2D eigenvalue weighted by molar-refractivity contribution is 5.75. The largest absolute Gasteiger partial charge is 0.481 e. The summed E-state index contributed by atoms with van der Waals surface area (Å²) in [5.41, 5.74) is 4.07. The topological polar surface area (TPSA) is 89.9 Å². The van der Waals surface area contributed by atoms with E-state index in [0.29, 0.717) is 13.2 Å². The van der Waals surface area contributed by atoms with Crippen molar-refractivity contribution in [2.75, 3.05) is 13.2 Å². The fourth-order valence-electron chi connectivity index (χ4n) is 9.07. The van der Waals surface area contributed by atoms with Crippen molar-refractivity contribution in [2.24, 2.45) is 17.3 Å². The summed E-state index contributed by atoms with van der Waals surface area (Å²) in [7, 11) is 0. The van der Waals surface area contributed by atoms with E-state index in [0.717, 1.165) is 64.2 Å². The molecule has 4 aliphatic carbocycles. The van der Waals surface area contributed by atoms with Gasteiger partial charge in [-0.2, -0.15) is 0 Å². The zero-order chi connectivity index (χ0) is 36.6. The van der Waals surface area contributed by atoms with Gasteiger partial charge in [-0.3, -0.25) is 14.4 Å². The van der Waals surface area contributed by atoms with Crippen molar-refractivity contribution in [3.63, 3.8) is 0 Å². The molecule has 290 valence electrons. The molecule has 0 aromatic heterocycles. The average Bonchev–Trinajstić information content (AvgIpc) is 3.14. The minimum Gasteiger partial charge on any atom is -0.481 e. The van der Waals surface area contributed by atoms with Crippen LogP contribution in [-0.4, -0.2) is 36.2 Å². The number of esters is 2. The van der Waals surface area contributed by atoms with Crippen molar-refractivity contribution in [3.05, 3.63) is 34.9 Å². The molecule has 1 N–H and O–H groups in total. The predicted molar refractivity (Wildman–Crippen MR) is 208 cm³/mol. The summed E-state index contributed by atoms with van der Waals surface area (Å²) in [5, 5.41) is 10.4. The number of hydrogen-bond donors (Lipinski definition) is 1. The Labute approximate surface area is 311 Å². The number of hydrogen-bond acceptors (Lipinski definition) is 5. The normalized spacial score (nSPS) is 24.7. The lowest BCUT2D eigenvalue weighted by atomic mass is 9.61. The van der Waals surface area contributed by atoms with Crippen LogP contribution in [0.3, 0.4) is 0 Å². The van der Waals surface area contributed by atoms with Crippen LogP contribution in [0.25, 0.3) is 0 Å². The highest BCUT2D eigenvalue weighted by Crippen LogP contribution is 2.52. The number of aliphatic carboxylic acids is 1. The van der Waals surface area contributed by atoms with Crippen molar-refractivity contribution < 1.29 is 29.0 Å². The Morgan fingerprint density at radius 1 is 0.529 bits per heavy atom. The van der Waals surface area contributed by atoms with Crippen LogP contribution in [0.4, 0.5) is 0 Å². The summed E-state index contributed by atoms with van der Waals surface area (Å²) in [6.45, 7) is 4.47. The van der Waals surface area contributed by atoms with Gasteiger partial charge in [0.2, 0.25) is 0 Å². The highest BCUT2D eigenvalue weighted by Gasteiger charge is 2.42. The molecule has 0 heterocycles. The molecule has 0 radical (unpaired) electrons. The number of allylic oxidation sites excluding steroid dienone is 6. The third-order valence-corrected chi connectivity index (χ3v) is 11.9. The first kappa shape index (κ1) is 43.0. The van der Waals surface area contributed by atoms with Crippen LogP contribution in [0.1, 0.15) is 200 Å². The Morgan fingerprint density at radius 2 is 0.824 bits per heavy atom. The van der Waals surface area contributed by atoms with Crippen LogP contribution in [0.2, 0.25) is 0 Å². The maximum atomic E-state index is 12.7. The lowest BCUT2D eigenvalue weighted by molar-refractivity contribution is -0.154. The first-order valence-electron chi connectivity index (χ1n) is 21.6. The van der Waals surface area contributed by atoms with Gasteiger partial charge in [-0.05, 0) is 117 Å². The molecule has 6 nitrogen and oxygen atoms in total. The van der Waals surface area contributed by atoms with E-state index >= 15 is 0 Å². The van der Waals surface area contributed by atoms with E-state index < -0.39 is 5.97 Å². The van der Waals surface area contributed by atoms with E-state index in [9.17, 15) is 19.5 Å². The van der Waals surface area contributed by atoms with Crippen LogP contribution >= 0.6 is 0 Å². The zero-order valence-electron chi connectivity index (χ0n) is 32.8. The summed E-state index contributed by atoms with van der Waals surface area (Å²) in [4.78, 5) is 35.6. The number of carbonyl (C=O) groups excluding carboxylic acids is 2. The number of carboxylic acid groups (broad SMARTS) is 1. The van der Waals surface area contributed by atoms with Gasteiger partial charge in [0.05, 0.1) is 31.5 Å². The summed E-state index contributed by atoms with van der Waals surface area (Å²) in [5.74, 6) is -0.898. The van der Waals surface area contributed by atoms with Crippen molar-refractivity contribution >= 4 is 17.9 Å². The molecule has 4 aliphatic rings. The van der Waals surface area contributed by atoms with Crippen molar-refractivity contribution in [3.8, 4) is 0 Å². The van der Waals surface area contributed by atoms with E-state index in [2.05, 4.69) is 18.2 Å². The van der Waals surface area contributed by atoms with Crippen LogP contribution in [0, 0.1) is 17.3 Å². The van der Waals surface area contributed by atoms with Gasteiger partial charge in [0, 0.05) is 5.41 Å². The summed E-state index contributed by atoms with van der Waals surface area (Å²) < 4.78 is 9.94. The van der Waals surface area contributed by atoms with Gasteiger partial charge >= 0.3 is 17.9 Å². The molecule has 0 spiro atoms. The Morgan fingerprint density at radius 3 is 1.12 bits per heavy atom. The summed E-state index contributed by atoms with van der Waals surface area (Å²) >= 11 is 0. The third kappa shape index (κ3) is 15.3. The molecule has 0 aromatic carbocycles. The van der Waals surface area contributed by atoms with Crippen molar-refractivity contribution in [1.29, 1.82) is 0 Å². The second kappa shape index (κ2) is 25.6. The second-order valence-electron chi connectivity index (χ2n) is 15.7. The molecule has 6 heteroatoms. The Bertz CT molecular complexity index is 998. The molecule has 0 unspecified atom stereocenters. The van der Waals surface area contributed by atoms with E-state index in [1.165, 1.54) is 132 Å². The van der Waals surface area contributed by atoms with Gasteiger partial charge in [-0.1, -0.05) is 112 Å². The first-order valence-corrected chi connectivity index (χ1v) is 21.6. The van der Waals surface area contributed by atoms with Crippen molar-refractivity contribution in [1.82, 2.24) is 0 Å². The molecule has 1 fully saturated rings. The van der Waals surface area contributed by atoms with E-state index in [4.69, 9.17) is 9.47 Å². The van der Waals surface area contributed by atoms with Gasteiger partial charge in [0.25, 0.3) is 0 Å². The molecular formula is C45H74O6. The Hall–Kier alpha value is -2.37. The molecule has 51 heavy (non-hydrogen) atoms. The fourth-order valence-corrected chi connectivity index (χ4v) is 9.07. The second-order valence-corrected chi connectivity index (χ2v) is 15.7. The molecule has 0 aliphatic heterocycles. The number of carboxylic acids is 1. The minimum absolute atomic E-state index is 0.0226. The molecular weight excluding hydrogens is 636 g/mol. The highest BCUT2D eigenvalue weighted by atomic mass is 16.5. The van der Waals surface area contributed by atoms with E-state index in [-0.39, 0.29) is 35.6 Å². The third-order valence-electron chi connectivity index (χ3n) is 11.9. The number of rotatable bonds is 9. The Balaban J connectivity index is 0.000000367. The molecule has 0 aromatic rings. The molecule has 4 rings (SSSR count). The maximum Gasteiger partial charge on any atom is 0.308 e. The molecule has 0 bridgehead atoms. The van der Waals surface area contributed by atoms with Crippen LogP contribution in [-0.2, 0) is 23.9 Å². The summed E-state index contributed by atoms with van der Waals surface area (Å²) in [6, 6.07) is 0. The zero-order valence-corrected chi connectivity index (χ0v) is 32.8. The van der Waals surface area contributed by atoms with Crippen molar-refractivity contribution in [2.45, 2.75) is 200 Å². The lowest BCUT2D eigenvalue weighted by Crippen LogP contribution is -2.33. The van der Waals surface area contributed by atoms with Crippen LogP contribution < -0.4 is 0 Å². The monoisotopic (exact) mass is 711 g/mol. The number of ether oxygens (including phenoxy) is 2. The SMILES string of the molecule is CCOC(=O)C1CCC(C(=O)OCC)CC1.O=C(O)CC(C1=CCCCCCCCC1)(C1=CCCCCCCCC1)C1=CCCCCCCCC1. The van der Waals surface area contributed by atoms with Crippen LogP contribution in [0.5, 0.6) is 0 Å². The van der Waals surface area contributed by atoms with E-state index in [1.54, 1.807) is 0 Å². The molecule has 0 amide bonds. The van der Waals surface area contributed by atoms with Gasteiger partial charge in [-0.15, -0.1) is 0 Å². The van der Waals surface area contributed by atoms with E-state index in [1.807, 2.05) is 13.8 Å². The van der Waals surface area contributed by atoms with Crippen LogP contribution in [0.15, 0.2) is 34.9 Å². The lowest BCUT2D eigenvalue weighted by Gasteiger charge is -2.42. The fraction of sp³-hybridized carbons (Fsp3) is 0.800. The van der Waals surface area contributed by atoms with Gasteiger partial charge in [0.1, 0.15) is 0 Å². The quantitative estimate of drug-likeness (QED) is 0.189. The number of carbonyl (C=O) groups is 3. The predicted octanol–water partition coefficient (Wildman–Crippen LogP) is 12.5. The smallest absolute Gasteiger partial charge is 0.308 e. The summed E-state index contributed by atoms with van der Waals surface area (Å²) in [6.07, 6.45) is 40.8. The minimum atomic E-state index is -0.612. The molecule has 0 saturated heterocycles. The molecule has 1 saturated carbocycles.